The molecule has 17 nitrogen and oxygen atoms in total. The van der Waals surface area contributed by atoms with Gasteiger partial charge in [-0.25, -0.2) is 4.79 Å². The van der Waals surface area contributed by atoms with Gasteiger partial charge in [-0.2, -0.15) is 0 Å². The molecule has 0 aromatic carbocycles. The lowest BCUT2D eigenvalue weighted by Gasteiger charge is -2.42. The van der Waals surface area contributed by atoms with Crippen LogP contribution >= 0.6 is 0 Å². The SMILES string of the molecule is CCCCOC(=O)[C@@H](CC)[C@@H]1CCCC[C@@H]1NC(=O)[C@@H](CC)[C@@H]1CCCC[C@@H]1NC(=O)[C@@H](CC)[C@@H]1CCCC[C@@H]1NC(=O)[C@@H](CC)[C@@H]1CCCC[C@@H]1NC(=O)[C@@H](CC)[C@@H]1CCCC[C@@H]1NC(=O)[C@@H](CC)[C@@H]1CCCC[C@@H]1NC(=O)CC1(CNC(=O)OC(C)(C)C)CCCCC1. The number of nitrogens with one attached hydrogen (secondary N) is 7. The highest BCUT2D eigenvalue weighted by Gasteiger charge is 2.47. The molecule has 0 bridgehead atoms. The van der Waals surface area contributed by atoms with Crippen LogP contribution in [0.5, 0.6) is 0 Å². The van der Waals surface area contributed by atoms with Crippen molar-refractivity contribution in [2.45, 2.75) is 355 Å². The molecule has 0 aromatic heterocycles. The van der Waals surface area contributed by atoms with Gasteiger partial charge in [-0.15, -0.1) is 0 Å². The van der Waals surface area contributed by atoms with E-state index in [0.717, 1.165) is 199 Å². The minimum absolute atomic E-state index is 0.00366. The minimum Gasteiger partial charge on any atom is -0.465 e. The Bertz CT molecular complexity index is 2430. The molecule has 542 valence electrons. The number of hydrogen-bond donors (Lipinski definition) is 7. The number of carbonyl (C=O) groups is 8. The molecule has 7 N–H and O–H groups in total. The van der Waals surface area contributed by atoms with Gasteiger partial charge < -0.3 is 46.7 Å². The molecule has 7 aliphatic carbocycles. The Labute approximate surface area is 574 Å². The van der Waals surface area contributed by atoms with Crippen molar-refractivity contribution < 1.29 is 47.8 Å². The largest absolute Gasteiger partial charge is 0.465 e. The zero-order valence-electron chi connectivity index (χ0n) is 61.3. The fraction of sp³-hybridized carbons (Fsp3) is 0.897. The Kier molecular flexibility index (Phi) is 31.8. The van der Waals surface area contributed by atoms with Gasteiger partial charge >= 0.3 is 12.1 Å². The summed E-state index contributed by atoms with van der Waals surface area (Å²) in [7, 11) is 0. The van der Waals surface area contributed by atoms with Gasteiger partial charge in [-0.3, -0.25) is 33.6 Å². The molecule has 95 heavy (non-hydrogen) atoms. The summed E-state index contributed by atoms with van der Waals surface area (Å²) in [4.78, 5) is 115. The van der Waals surface area contributed by atoms with Gasteiger partial charge in [0, 0.05) is 78.8 Å². The number of amides is 7. The van der Waals surface area contributed by atoms with Crippen molar-refractivity contribution in [1.29, 1.82) is 0 Å². The normalized spacial score (nSPS) is 30.0. The molecular formula is C78H135N7O10. The van der Waals surface area contributed by atoms with E-state index in [1.165, 1.54) is 0 Å². The van der Waals surface area contributed by atoms with E-state index in [2.05, 4.69) is 85.7 Å². The molecule has 7 rings (SSSR count). The monoisotopic (exact) mass is 1330 g/mol. The number of hydrogen-bond acceptors (Lipinski definition) is 10. The standard InChI is InChI=1S/C78H135N7O10/c1-11-18-48-94-75(92)56(17-7)62-39-25-31-45-68(62)85-74(91)55(16-6)61-38-24-30-44-67(61)84-73(90)54(15-5)60-37-23-29-43-66(60)83-72(89)53(14-4)59-36-22-28-42-65(59)82-71(88)52(13-3)58-35-21-27-41-64(58)81-70(87)51(12-2)57-34-20-26-40-63(57)80-69(86)49-78(46-32-19-33-47-78)50-79-76(93)95-77(8,9)10/h51-68H,11-50H2,1-10H3,(H,79,93)(H,80,86)(H,81,87)(H,82,88)(H,83,89)(H,84,90)(H,85,91)/t51-,52-,53-,54-,55-,56-,57-,58-,59-,60-,61-,62-,63-,64-,65-,66-,67-,68-/m0/s1. The van der Waals surface area contributed by atoms with Crippen LogP contribution < -0.4 is 37.2 Å². The molecule has 7 amide bonds. The summed E-state index contributed by atoms with van der Waals surface area (Å²) in [6.07, 6.45) is 32.7. The molecule has 7 saturated carbocycles. The quantitative estimate of drug-likeness (QED) is 0.0256. The second kappa shape index (κ2) is 38.8. The van der Waals surface area contributed by atoms with E-state index >= 15 is 0 Å². The van der Waals surface area contributed by atoms with Gasteiger partial charge in [0.15, 0.2) is 0 Å². The Hall–Kier alpha value is -4.44. The summed E-state index contributed by atoms with van der Waals surface area (Å²) < 4.78 is 11.3. The predicted molar refractivity (Wildman–Crippen MR) is 376 cm³/mol. The highest BCUT2D eigenvalue weighted by Crippen LogP contribution is 2.43. The smallest absolute Gasteiger partial charge is 0.407 e. The highest BCUT2D eigenvalue weighted by atomic mass is 16.6. The third-order valence-corrected chi connectivity index (χ3v) is 24.8. The summed E-state index contributed by atoms with van der Waals surface area (Å²) >= 11 is 0. The maximum atomic E-state index is 15.0. The number of esters is 1. The lowest BCUT2D eigenvalue weighted by Crippen LogP contribution is -2.56. The first-order valence-electron chi connectivity index (χ1n) is 39.7. The third-order valence-electron chi connectivity index (χ3n) is 24.8. The second-order valence-corrected chi connectivity index (χ2v) is 32.1. The van der Waals surface area contributed by atoms with Gasteiger partial charge in [0.25, 0.3) is 0 Å². The lowest BCUT2D eigenvalue weighted by atomic mass is 9.71. The fourth-order valence-corrected chi connectivity index (χ4v) is 19.7. The first kappa shape index (κ1) is 77.9. The van der Waals surface area contributed by atoms with Crippen molar-refractivity contribution in [3.05, 3.63) is 0 Å². The number of rotatable bonds is 31. The van der Waals surface area contributed by atoms with Crippen molar-refractivity contribution in [2.75, 3.05) is 13.2 Å². The van der Waals surface area contributed by atoms with Crippen LogP contribution in [0.25, 0.3) is 0 Å². The molecule has 7 aliphatic rings. The number of ether oxygens (including phenoxy) is 2. The van der Waals surface area contributed by atoms with Gasteiger partial charge in [-0.05, 0) is 197 Å². The van der Waals surface area contributed by atoms with Crippen molar-refractivity contribution in [1.82, 2.24) is 37.2 Å². The fourth-order valence-electron chi connectivity index (χ4n) is 19.7. The van der Waals surface area contributed by atoms with Gasteiger partial charge in [-0.1, -0.05) is 151 Å². The van der Waals surface area contributed by atoms with Crippen LogP contribution in [0.2, 0.25) is 0 Å². The summed E-state index contributed by atoms with van der Waals surface area (Å²) in [6.45, 7) is 21.0. The first-order valence-corrected chi connectivity index (χ1v) is 39.7. The zero-order chi connectivity index (χ0) is 68.7. The Morgan fingerprint density at radius 3 is 0.947 bits per heavy atom. The molecule has 0 aromatic rings. The molecule has 17 heteroatoms. The predicted octanol–water partition coefficient (Wildman–Crippen LogP) is 14.4. The maximum absolute atomic E-state index is 15.0. The summed E-state index contributed by atoms with van der Waals surface area (Å²) in [5.74, 6) is -1.69. The molecule has 0 spiro atoms. The van der Waals surface area contributed by atoms with Crippen LogP contribution in [0.3, 0.4) is 0 Å². The van der Waals surface area contributed by atoms with Crippen LogP contribution in [-0.2, 0) is 43.0 Å². The molecule has 7 fully saturated rings. The Morgan fingerprint density at radius 2 is 0.663 bits per heavy atom. The number of carbonyl (C=O) groups excluding carboxylic acids is 8. The van der Waals surface area contributed by atoms with E-state index in [1.54, 1.807) is 0 Å². The lowest BCUT2D eigenvalue weighted by molar-refractivity contribution is -0.152. The number of unbranched alkanes of at least 4 members (excludes halogenated alkanes) is 1. The molecular weight excluding hydrogens is 1190 g/mol. The van der Waals surface area contributed by atoms with Crippen molar-refractivity contribution in [3.8, 4) is 0 Å². The Morgan fingerprint density at radius 1 is 0.379 bits per heavy atom. The summed E-state index contributed by atoms with van der Waals surface area (Å²) in [5.41, 5.74) is -0.955. The molecule has 0 radical (unpaired) electrons. The van der Waals surface area contributed by atoms with E-state index in [0.29, 0.717) is 58.1 Å². The van der Waals surface area contributed by atoms with Crippen molar-refractivity contribution in [3.63, 3.8) is 0 Å². The number of alkyl carbamates (subject to hydrolysis) is 1. The third kappa shape index (κ3) is 22.0. The highest BCUT2D eigenvalue weighted by molar-refractivity contribution is 5.84. The zero-order valence-corrected chi connectivity index (χ0v) is 61.3. The van der Waals surface area contributed by atoms with Crippen LogP contribution in [0.4, 0.5) is 4.79 Å². The average molecular weight is 1330 g/mol. The van der Waals surface area contributed by atoms with Gasteiger partial charge in [0.1, 0.15) is 5.60 Å². The molecule has 0 saturated heterocycles. The molecule has 0 heterocycles. The summed E-state index contributed by atoms with van der Waals surface area (Å²) in [5, 5.41) is 24.3. The van der Waals surface area contributed by atoms with E-state index < -0.39 is 11.7 Å². The molecule has 18 atom stereocenters. The second-order valence-electron chi connectivity index (χ2n) is 32.1. The van der Waals surface area contributed by atoms with E-state index in [9.17, 15) is 38.4 Å². The average Bonchev–Trinajstić information content (AvgIpc) is 0.855. The topological polar surface area (TPSA) is 239 Å². The van der Waals surface area contributed by atoms with E-state index in [1.807, 2.05) is 20.8 Å². The van der Waals surface area contributed by atoms with Crippen molar-refractivity contribution in [2.24, 2.45) is 76.4 Å². The van der Waals surface area contributed by atoms with E-state index in [4.69, 9.17) is 9.47 Å². The van der Waals surface area contributed by atoms with Crippen LogP contribution in [0.15, 0.2) is 0 Å². The van der Waals surface area contributed by atoms with Crippen LogP contribution in [-0.4, -0.2) is 103 Å². The molecule has 0 aliphatic heterocycles. The van der Waals surface area contributed by atoms with Gasteiger partial charge in [0.05, 0.1) is 12.5 Å². The Balaban J connectivity index is 0.956. The summed E-state index contributed by atoms with van der Waals surface area (Å²) in [6, 6.07) is -0.774. The van der Waals surface area contributed by atoms with E-state index in [-0.39, 0.29) is 154 Å². The van der Waals surface area contributed by atoms with Crippen molar-refractivity contribution >= 4 is 47.5 Å². The minimum atomic E-state index is -0.614. The maximum Gasteiger partial charge on any atom is 0.407 e. The molecule has 0 unspecified atom stereocenters. The van der Waals surface area contributed by atoms with Gasteiger partial charge in [0.2, 0.25) is 35.4 Å². The van der Waals surface area contributed by atoms with Crippen LogP contribution in [0, 0.1) is 76.4 Å². The van der Waals surface area contributed by atoms with Crippen LogP contribution in [0.1, 0.15) is 313 Å². The first-order chi connectivity index (χ1) is 45.7.